The summed E-state index contributed by atoms with van der Waals surface area (Å²) >= 11 is 0. The van der Waals surface area contributed by atoms with Gasteiger partial charge in [0.2, 0.25) is 6.29 Å². The van der Waals surface area contributed by atoms with Crippen molar-refractivity contribution >= 4 is 0 Å². The highest BCUT2D eigenvalue weighted by Crippen LogP contribution is 2.50. The third-order valence-corrected chi connectivity index (χ3v) is 8.72. The molecule has 0 amide bonds. The predicted molar refractivity (Wildman–Crippen MR) is 144 cm³/mol. The Balaban J connectivity index is 1.72. The van der Waals surface area contributed by atoms with Crippen LogP contribution in [0.3, 0.4) is 0 Å². The average Bonchev–Trinajstić information content (AvgIpc) is 3.28. The first-order valence-corrected chi connectivity index (χ1v) is 14.1. The Bertz CT molecular complexity index is 944. The molecule has 218 valence electrons. The molecular formula is C30H44O9. The van der Waals surface area contributed by atoms with Crippen molar-refractivity contribution in [2.24, 2.45) is 11.8 Å². The molecule has 1 aliphatic carbocycles. The summed E-state index contributed by atoms with van der Waals surface area (Å²) < 4.78 is 18.8. The minimum absolute atomic E-state index is 0.0770. The summed E-state index contributed by atoms with van der Waals surface area (Å²) in [5.41, 5.74) is -1.62. The molecule has 39 heavy (non-hydrogen) atoms. The van der Waals surface area contributed by atoms with Crippen LogP contribution in [0.25, 0.3) is 0 Å². The monoisotopic (exact) mass is 548 g/mol. The first-order chi connectivity index (χ1) is 18.8. The minimum Gasteiger partial charge on any atom is -0.486 e. The van der Waals surface area contributed by atoms with E-state index in [1.807, 2.05) is 12.1 Å². The highest BCUT2D eigenvalue weighted by Gasteiger charge is 2.63. The van der Waals surface area contributed by atoms with E-state index in [1.165, 1.54) is 6.26 Å². The Labute approximate surface area is 230 Å². The quantitative estimate of drug-likeness (QED) is 0.228. The average molecular weight is 549 g/mol. The molecule has 0 bridgehead atoms. The molecule has 0 aromatic heterocycles. The number of aliphatic hydroxyl groups is 6. The maximum atomic E-state index is 11.7. The van der Waals surface area contributed by atoms with Crippen molar-refractivity contribution in [3.63, 3.8) is 0 Å². The largest absolute Gasteiger partial charge is 0.486 e. The van der Waals surface area contributed by atoms with Crippen molar-refractivity contribution in [1.82, 2.24) is 0 Å². The van der Waals surface area contributed by atoms with Crippen molar-refractivity contribution in [2.75, 3.05) is 13.2 Å². The smallest absolute Gasteiger partial charge is 0.243 e. The zero-order chi connectivity index (χ0) is 28.0. The van der Waals surface area contributed by atoms with Gasteiger partial charge in [0.1, 0.15) is 24.1 Å². The second-order valence-electron chi connectivity index (χ2n) is 11.3. The number of aliphatic hydroxyl groups excluding tert-OH is 5. The summed E-state index contributed by atoms with van der Waals surface area (Å²) in [6, 6.07) is 7.32. The first kappa shape index (κ1) is 30.0. The fourth-order valence-corrected chi connectivity index (χ4v) is 6.53. The normalized spacial score (nSPS) is 34.8. The van der Waals surface area contributed by atoms with E-state index >= 15 is 0 Å². The molecule has 2 heterocycles. The van der Waals surface area contributed by atoms with Crippen molar-refractivity contribution < 1.29 is 44.8 Å². The Morgan fingerprint density at radius 2 is 1.82 bits per heavy atom. The number of rotatable bonds is 11. The van der Waals surface area contributed by atoms with Crippen LogP contribution in [-0.2, 0) is 15.9 Å². The Kier molecular flexibility index (Phi) is 10.1. The van der Waals surface area contributed by atoms with Crippen LogP contribution in [-0.4, -0.2) is 85.8 Å². The zero-order valence-electron chi connectivity index (χ0n) is 22.5. The molecule has 2 aliphatic heterocycles. The van der Waals surface area contributed by atoms with E-state index in [2.05, 4.69) is 6.58 Å². The summed E-state index contributed by atoms with van der Waals surface area (Å²) in [5, 5.41) is 64.4. The summed E-state index contributed by atoms with van der Waals surface area (Å²) in [7, 11) is 0. The maximum absolute atomic E-state index is 11.7. The molecule has 1 aromatic carbocycles. The van der Waals surface area contributed by atoms with E-state index < -0.39 is 47.8 Å². The van der Waals surface area contributed by atoms with Gasteiger partial charge in [-0.3, -0.25) is 0 Å². The Morgan fingerprint density at radius 1 is 1.10 bits per heavy atom. The molecule has 9 heteroatoms. The van der Waals surface area contributed by atoms with Gasteiger partial charge in [0.25, 0.3) is 0 Å². The molecule has 3 aliphatic rings. The molecule has 1 saturated carbocycles. The molecule has 2 fully saturated rings. The number of ether oxygens (including phenoxy) is 3. The number of hydrogen-bond acceptors (Lipinski definition) is 9. The Morgan fingerprint density at radius 3 is 2.46 bits per heavy atom. The van der Waals surface area contributed by atoms with Crippen LogP contribution in [0.15, 0.2) is 49.3 Å². The van der Waals surface area contributed by atoms with Gasteiger partial charge in [-0.2, -0.15) is 0 Å². The van der Waals surface area contributed by atoms with E-state index in [0.29, 0.717) is 37.9 Å². The highest BCUT2D eigenvalue weighted by molar-refractivity contribution is 5.29. The molecular weight excluding hydrogens is 504 g/mol. The molecule has 4 rings (SSSR count). The van der Waals surface area contributed by atoms with E-state index in [0.717, 1.165) is 18.4 Å². The van der Waals surface area contributed by atoms with Gasteiger partial charge in [-0.25, -0.2) is 0 Å². The third kappa shape index (κ3) is 6.35. The fraction of sp³-hybridized carbons (Fsp3) is 0.667. The Hall–Kier alpha value is -1.98. The maximum Gasteiger partial charge on any atom is 0.243 e. The lowest BCUT2D eigenvalue weighted by atomic mass is 9.68. The summed E-state index contributed by atoms with van der Waals surface area (Å²) in [6.45, 7) is 3.55. The van der Waals surface area contributed by atoms with Gasteiger partial charge >= 0.3 is 0 Å². The van der Waals surface area contributed by atoms with Crippen molar-refractivity contribution in [1.29, 1.82) is 0 Å². The van der Waals surface area contributed by atoms with Crippen LogP contribution in [0.2, 0.25) is 0 Å². The van der Waals surface area contributed by atoms with Crippen LogP contribution < -0.4 is 4.74 Å². The molecule has 0 radical (unpaired) electrons. The predicted octanol–water partition coefficient (Wildman–Crippen LogP) is 1.97. The lowest BCUT2D eigenvalue weighted by Crippen LogP contribution is -2.70. The van der Waals surface area contributed by atoms with Gasteiger partial charge in [0.15, 0.2) is 5.60 Å². The molecule has 0 unspecified atom stereocenters. The van der Waals surface area contributed by atoms with Crippen LogP contribution >= 0.6 is 0 Å². The van der Waals surface area contributed by atoms with Gasteiger partial charge < -0.3 is 44.8 Å². The number of benzene rings is 1. The van der Waals surface area contributed by atoms with Gasteiger partial charge in [-0.05, 0) is 74.1 Å². The van der Waals surface area contributed by atoms with E-state index in [4.69, 9.17) is 14.2 Å². The van der Waals surface area contributed by atoms with Crippen LogP contribution in [0.4, 0.5) is 0 Å². The van der Waals surface area contributed by atoms with Crippen molar-refractivity contribution in [3.05, 3.63) is 54.8 Å². The van der Waals surface area contributed by atoms with E-state index in [-0.39, 0.29) is 32.0 Å². The van der Waals surface area contributed by atoms with Gasteiger partial charge in [0, 0.05) is 19.6 Å². The second kappa shape index (κ2) is 13.1. The molecule has 9 nitrogen and oxygen atoms in total. The topological polar surface area (TPSA) is 149 Å². The van der Waals surface area contributed by atoms with Crippen LogP contribution in [0.5, 0.6) is 5.75 Å². The van der Waals surface area contributed by atoms with Crippen LogP contribution in [0, 0.1) is 11.8 Å². The second-order valence-corrected chi connectivity index (χ2v) is 11.3. The molecule has 6 N–H and O–H groups in total. The molecule has 1 saturated heterocycles. The number of allylic oxidation sites excluding steroid dienone is 2. The van der Waals surface area contributed by atoms with E-state index in [9.17, 15) is 30.6 Å². The zero-order valence-corrected chi connectivity index (χ0v) is 22.5. The summed E-state index contributed by atoms with van der Waals surface area (Å²) in [5.74, 6) is -0.193. The van der Waals surface area contributed by atoms with Crippen molar-refractivity contribution in [2.45, 2.75) is 99.7 Å². The SMILES string of the molecule is C=CCc1ccc(O[C@H]2O[C@H]([C@@H](O)CCCO)[C@@H](O)[C@H](O)[C@]23C[C@H](C2(O)CCCC2)[C@H](CCO)C=CO3)cc1. The minimum atomic E-state index is -1.61. The van der Waals surface area contributed by atoms with E-state index in [1.54, 1.807) is 24.3 Å². The third-order valence-electron chi connectivity index (χ3n) is 8.72. The molecule has 8 atom stereocenters. The van der Waals surface area contributed by atoms with Gasteiger partial charge in [-0.1, -0.05) is 31.1 Å². The summed E-state index contributed by atoms with van der Waals surface area (Å²) in [6.07, 6.45) is 2.93. The lowest BCUT2D eigenvalue weighted by molar-refractivity contribution is -0.335. The first-order valence-electron chi connectivity index (χ1n) is 14.1. The standard InChI is InChI=1S/C30H44O9/c1-2-6-20-8-10-22(11-9-20)38-28-30(27(35)25(34)26(39-28)24(33)7-5-16-31)19-23(29(36)14-3-4-15-29)21(12-17-32)13-18-37-30/h2,8-11,13,18,21,23-28,31-36H,1,3-7,12,14-17,19H2/t21-,23+,24+,25-,26-,27+,28+,30-/m1/s1. The van der Waals surface area contributed by atoms with Crippen LogP contribution in [0.1, 0.15) is 56.9 Å². The molecule has 1 spiro atoms. The lowest BCUT2D eigenvalue weighted by Gasteiger charge is -2.52. The highest BCUT2D eigenvalue weighted by atomic mass is 16.7. The summed E-state index contributed by atoms with van der Waals surface area (Å²) in [4.78, 5) is 0. The molecule has 1 aromatic rings. The fourth-order valence-electron chi connectivity index (χ4n) is 6.53. The van der Waals surface area contributed by atoms with Crippen molar-refractivity contribution in [3.8, 4) is 5.75 Å². The number of hydrogen-bond donors (Lipinski definition) is 6. The van der Waals surface area contributed by atoms with Gasteiger partial charge in [-0.15, -0.1) is 6.58 Å². The van der Waals surface area contributed by atoms with Gasteiger partial charge in [0.05, 0.1) is 18.0 Å².